The molecule has 0 aliphatic carbocycles. The molecular weight excluding hydrogens is 360 g/mol. The second-order valence-electron chi connectivity index (χ2n) is 7.71. The van der Waals surface area contributed by atoms with Gasteiger partial charge in [0.1, 0.15) is 0 Å². The number of halogens is 1. The molecule has 150 valence electrons. The summed E-state index contributed by atoms with van der Waals surface area (Å²) < 4.78 is 0. The fourth-order valence-corrected chi connectivity index (χ4v) is 3.96. The smallest absolute Gasteiger partial charge is 0.193 e. The van der Waals surface area contributed by atoms with Crippen LogP contribution in [-0.2, 0) is 6.54 Å². The minimum Gasteiger partial charge on any atom is -0.355 e. The maximum absolute atomic E-state index is 5.98. The summed E-state index contributed by atoms with van der Waals surface area (Å²) in [4.78, 5) is 14.3. The van der Waals surface area contributed by atoms with Crippen LogP contribution in [0.15, 0.2) is 29.3 Å². The lowest BCUT2D eigenvalue weighted by molar-refractivity contribution is 0.115. The van der Waals surface area contributed by atoms with Gasteiger partial charge in [0.15, 0.2) is 5.96 Å². The van der Waals surface area contributed by atoms with Gasteiger partial charge in [0, 0.05) is 77.0 Å². The van der Waals surface area contributed by atoms with Crippen molar-refractivity contribution in [1.82, 2.24) is 24.9 Å². The average Bonchev–Trinajstić information content (AvgIpc) is 2.68. The molecule has 2 aliphatic heterocycles. The molecule has 0 amide bonds. The highest BCUT2D eigenvalue weighted by Crippen LogP contribution is 2.13. The first-order valence-electron chi connectivity index (χ1n) is 9.86. The van der Waals surface area contributed by atoms with Crippen LogP contribution >= 0.6 is 11.6 Å². The Kier molecular flexibility index (Phi) is 7.35. The largest absolute Gasteiger partial charge is 0.355 e. The Bertz CT molecular complexity index is 611. The van der Waals surface area contributed by atoms with Crippen LogP contribution in [0.2, 0.25) is 5.02 Å². The van der Waals surface area contributed by atoms with E-state index in [2.05, 4.69) is 56.1 Å². The summed E-state index contributed by atoms with van der Waals surface area (Å²) in [5.74, 6) is 1.03. The van der Waals surface area contributed by atoms with E-state index in [-0.39, 0.29) is 0 Å². The molecule has 1 unspecified atom stereocenters. The number of aliphatic imine (C=N–C) groups is 1. The van der Waals surface area contributed by atoms with Gasteiger partial charge in [-0.25, -0.2) is 0 Å². The molecule has 2 fully saturated rings. The van der Waals surface area contributed by atoms with Gasteiger partial charge < -0.3 is 15.1 Å². The predicted octanol–water partition coefficient (Wildman–Crippen LogP) is 1.28. The lowest BCUT2D eigenvalue weighted by Gasteiger charge is -2.40. The average molecular weight is 393 g/mol. The van der Waals surface area contributed by atoms with Gasteiger partial charge in [-0.1, -0.05) is 23.7 Å². The van der Waals surface area contributed by atoms with E-state index in [1.54, 1.807) is 0 Å². The van der Waals surface area contributed by atoms with Crippen LogP contribution in [0, 0.1) is 0 Å². The van der Waals surface area contributed by atoms with Crippen LogP contribution in [-0.4, -0.2) is 105 Å². The number of hydrogen-bond acceptors (Lipinski definition) is 4. The molecule has 2 aliphatic rings. The number of nitrogens with zero attached hydrogens (tertiary/aromatic N) is 5. The van der Waals surface area contributed by atoms with E-state index in [4.69, 9.17) is 11.6 Å². The molecule has 6 nitrogen and oxygen atoms in total. The van der Waals surface area contributed by atoms with E-state index < -0.39 is 0 Å². The molecule has 1 aromatic rings. The van der Waals surface area contributed by atoms with Crippen molar-refractivity contribution in [2.24, 2.45) is 4.99 Å². The SMILES string of the molecule is CN=C(NCC1CN(C)CCN1C)N1CCN(Cc2ccc(Cl)cc2)CC1. The van der Waals surface area contributed by atoms with E-state index in [9.17, 15) is 0 Å². The Morgan fingerprint density at radius 2 is 1.78 bits per heavy atom. The van der Waals surface area contributed by atoms with Gasteiger partial charge in [-0.3, -0.25) is 14.8 Å². The van der Waals surface area contributed by atoms with Gasteiger partial charge in [-0.15, -0.1) is 0 Å². The van der Waals surface area contributed by atoms with Crippen molar-refractivity contribution in [3.8, 4) is 0 Å². The summed E-state index contributed by atoms with van der Waals surface area (Å²) in [5.41, 5.74) is 1.32. The topological polar surface area (TPSA) is 37.4 Å². The van der Waals surface area contributed by atoms with E-state index in [0.717, 1.165) is 69.9 Å². The Hall–Kier alpha value is -1.34. The van der Waals surface area contributed by atoms with Gasteiger partial charge in [0.2, 0.25) is 0 Å². The molecule has 0 bridgehead atoms. The van der Waals surface area contributed by atoms with Crippen LogP contribution in [0.5, 0.6) is 0 Å². The van der Waals surface area contributed by atoms with Crippen molar-refractivity contribution in [3.05, 3.63) is 34.9 Å². The highest BCUT2D eigenvalue weighted by Gasteiger charge is 2.24. The highest BCUT2D eigenvalue weighted by molar-refractivity contribution is 6.30. The van der Waals surface area contributed by atoms with E-state index in [1.165, 1.54) is 5.56 Å². The summed E-state index contributed by atoms with van der Waals surface area (Å²) in [6.45, 7) is 9.43. The molecule has 27 heavy (non-hydrogen) atoms. The van der Waals surface area contributed by atoms with Crippen LogP contribution in [0.4, 0.5) is 0 Å². The number of piperazine rings is 2. The zero-order chi connectivity index (χ0) is 19.2. The van der Waals surface area contributed by atoms with Crippen molar-refractivity contribution >= 4 is 17.6 Å². The normalized spacial score (nSPS) is 23.6. The molecule has 1 aromatic carbocycles. The van der Waals surface area contributed by atoms with Crippen LogP contribution in [0.25, 0.3) is 0 Å². The second-order valence-corrected chi connectivity index (χ2v) is 8.15. The lowest BCUT2D eigenvalue weighted by atomic mass is 10.2. The zero-order valence-electron chi connectivity index (χ0n) is 16.9. The third-order valence-electron chi connectivity index (χ3n) is 5.68. The van der Waals surface area contributed by atoms with Gasteiger partial charge in [0.05, 0.1) is 0 Å². The molecule has 0 aromatic heterocycles. The Labute approximate surface area is 168 Å². The van der Waals surface area contributed by atoms with Crippen LogP contribution < -0.4 is 5.32 Å². The number of likely N-dealkylation sites (N-methyl/N-ethyl adjacent to an activating group) is 2. The van der Waals surface area contributed by atoms with E-state index in [1.807, 2.05) is 19.2 Å². The molecule has 1 atom stereocenters. The molecule has 2 heterocycles. The molecule has 1 N–H and O–H groups in total. The standard InChI is InChI=1S/C20H33ClN6/c1-22-20(23-14-19-16-24(2)8-9-25(19)3)27-12-10-26(11-13-27)15-17-4-6-18(21)7-5-17/h4-7,19H,8-16H2,1-3H3,(H,22,23). The summed E-state index contributed by atoms with van der Waals surface area (Å²) >= 11 is 5.98. The molecular formula is C20H33ClN6. The quantitative estimate of drug-likeness (QED) is 0.617. The summed E-state index contributed by atoms with van der Waals surface area (Å²) in [6, 6.07) is 8.71. The molecule has 0 saturated carbocycles. The Balaban J connectivity index is 1.45. The first-order valence-corrected chi connectivity index (χ1v) is 10.2. The first kappa shape index (κ1) is 20.4. The summed E-state index contributed by atoms with van der Waals surface area (Å²) in [7, 11) is 6.31. The zero-order valence-corrected chi connectivity index (χ0v) is 17.6. The fourth-order valence-electron chi connectivity index (χ4n) is 3.83. The summed E-state index contributed by atoms with van der Waals surface area (Å²) in [6.07, 6.45) is 0. The third-order valence-corrected chi connectivity index (χ3v) is 5.93. The van der Waals surface area contributed by atoms with Crippen molar-refractivity contribution in [3.63, 3.8) is 0 Å². The Morgan fingerprint density at radius 3 is 2.44 bits per heavy atom. The maximum atomic E-state index is 5.98. The minimum atomic E-state index is 0.534. The minimum absolute atomic E-state index is 0.534. The third kappa shape index (κ3) is 5.82. The molecule has 2 saturated heterocycles. The van der Waals surface area contributed by atoms with Gasteiger partial charge in [0.25, 0.3) is 0 Å². The molecule has 0 spiro atoms. The van der Waals surface area contributed by atoms with Crippen LogP contribution in [0.1, 0.15) is 5.56 Å². The fraction of sp³-hybridized carbons (Fsp3) is 0.650. The number of hydrogen-bond donors (Lipinski definition) is 1. The first-order chi connectivity index (χ1) is 13.0. The number of guanidine groups is 1. The summed E-state index contributed by atoms with van der Waals surface area (Å²) in [5, 5.41) is 4.40. The Morgan fingerprint density at radius 1 is 1.07 bits per heavy atom. The monoisotopic (exact) mass is 392 g/mol. The molecule has 0 radical (unpaired) electrons. The maximum Gasteiger partial charge on any atom is 0.193 e. The molecule has 7 heteroatoms. The van der Waals surface area contributed by atoms with Gasteiger partial charge >= 0.3 is 0 Å². The van der Waals surface area contributed by atoms with Gasteiger partial charge in [-0.2, -0.15) is 0 Å². The van der Waals surface area contributed by atoms with Crippen molar-refractivity contribution in [1.29, 1.82) is 0 Å². The molecule has 3 rings (SSSR count). The number of rotatable bonds is 4. The van der Waals surface area contributed by atoms with Crippen molar-refractivity contribution in [2.75, 3.05) is 73.5 Å². The van der Waals surface area contributed by atoms with Crippen molar-refractivity contribution < 1.29 is 0 Å². The highest BCUT2D eigenvalue weighted by atomic mass is 35.5. The van der Waals surface area contributed by atoms with Gasteiger partial charge in [-0.05, 0) is 31.8 Å². The van der Waals surface area contributed by atoms with E-state index >= 15 is 0 Å². The second kappa shape index (κ2) is 9.73. The van der Waals surface area contributed by atoms with Crippen molar-refractivity contribution in [2.45, 2.75) is 12.6 Å². The number of nitrogens with one attached hydrogen (secondary N) is 1. The lowest BCUT2D eigenvalue weighted by Crippen LogP contribution is -2.57. The van der Waals surface area contributed by atoms with E-state index in [0.29, 0.717) is 6.04 Å². The predicted molar refractivity (Wildman–Crippen MR) is 114 cm³/mol. The van der Waals surface area contributed by atoms with Crippen LogP contribution in [0.3, 0.4) is 0 Å². The number of benzene rings is 1.